The van der Waals surface area contributed by atoms with Gasteiger partial charge in [0.2, 0.25) is 11.8 Å². The molecule has 0 heterocycles. The Labute approximate surface area is 130 Å². The van der Waals surface area contributed by atoms with Crippen LogP contribution in [0.3, 0.4) is 0 Å². The maximum atomic E-state index is 12.2. The van der Waals surface area contributed by atoms with E-state index in [9.17, 15) is 9.59 Å². The number of hydrogen-bond acceptors (Lipinski definition) is 2. The Morgan fingerprint density at radius 3 is 2.59 bits per heavy atom. The molecular weight excluding hydrogens is 276 g/mol. The quantitative estimate of drug-likeness (QED) is 0.860. The van der Waals surface area contributed by atoms with E-state index in [1.165, 1.54) is 0 Å². The highest BCUT2D eigenvalue weighted by atomic mass is 16.2. The minimum Gasteiger partial charge on any atom is -0.354 e. The molecule has 2 aromatic rings. The van der Waals surface area contributed by atoms with E-state index in [1.54, 1.807) is 6.92 Å². The molecule has 0 saturated carbocycles. The zero-order valence-corrected chi connectivity index (χ0v) is 13.1. The van der Waals surface area contributed by atoms with Crippen LogP contribution < -0.4 is 10.6 Å². The van der Waals surface area contributed by atoms with Gasteiger partial charge in [0.25, 0.3) is 0 Å². The largest absolute Gasteiger partial charge is 0.354 e. The Balaban J connectivity index is 2.00. The van der Waals surface area contributed by atoms with E-state index < -0.39 is 6.04 Å². The molecule has 0 radical (unpaired) electrons. The number of carbonyl (C=O) groups is 2. The minimum atomic E-state index is -0.519. The van der Waals surface area contributed by atoms with E-state index in [0.29, 0.717) is 6.54 Å². The molecule has 2 amide bonds. The number of nitrogens with one attached hydrogen (secondary N) is 2. The van der Waals surface area contributed by atoms with Crippen molar-refractivity contribution in [3.8, 4) is 0 Å². The molecular formula is C18H22N2O2. The van der Waals surface area contributed by atoms with E-state index in [2.05, 4.69) is 10.6 Å². The molecule has 0 saturated heterocycles. The fourth-order valence-electron chi connectivity index (χ4n) is 2.38. The molecule has 2 rings (SSSR count). The molecule has 0 spiro atoms. The van der Waals surface area contributed by atoms with Gasteiger partial charge in [0, 0.05) is 6.54 Å². The van der Waals surface area contributed by atoms with Gasteiger partial charge in [-0.15, -0.1) is 0 Å². The fraction of sp³-hybridized carbons (Fsp3) is 0.333. The van der Waals surface area contributed by atoms with Crippen LogP contribution in [0.5, 0.6) is 0 Å². The van der Waals surface area contributed by atoms with Crippen LogP contribution in [0.1, 0.15) is 25.8 Å². The van der Waals surface area contributed by atoms with Crippen LogP contribution in [0.25, 0.3) is 10.8 Å². The predicted octanol–water partition coefficient (Wildman–Crippen LogP) is 2.41. The van der Waals surface area contributed by atoms with Crippen molar-refractivity contribution in [3.63, 3.8) is 0 Å². The van der Waals surface area contributed by atoms with Crippen molar-refractivity contribution in [3.05, 3.63) is 48.0 Å². The topological polar surface area (TPSA) is 58.2 Å². The Morgan fingerprint density at radius 2 is 1.82 bits per heavy atom. The van der Waals surface area contributed by atoms with Crippen LogP contribution in [-0.2, 0) is 16.0 Å². The molecule has 0 bridgehead atoms. The van der Waals surface area contributed by atoms with Gasteiger partial charge in [0.15, 0.2) is 0 Å². The Hall–Kier alpha value is -2.36. The summed E-state index contributed by atoms with van der Waals surface area (Å²) in [6.45, 7) is 4.32. The molecule has 0 aliphatic heterocycles. The van der Waals surface area contributed by atoms with E-state index in [4.69, 9.17) is 0 Å². The van der Waals surface area contributed by atoms with Gasteiger partial charge >= 0.3 is 0 Å². The molecule has 2 aromatic carbocycles. The summed E-state index contributed by atoms with van der Waals surface area (Å²) < 4.78 is 0. The molecule has 22 heavy (non-hydrogen) atoms. The number of rotatable bonds is 6. The number of fused-ring (bicyclic) bond motifs is 1. The number of benzene rings is 2. The summed E-state index contributed by atoms with van der Waals surface area (Å²) in [6, 6.07) is 13.4. The average molecular weight is 298 g/mol. The zero-order chi connectivity index (χ0) is 15.9. The summed E-state index contributed by atoms with van der Waals surface area (Å²) >= 11 is 0. The van der Waals surface area contributed by atoms with Crippen molar-refractivity contribution < 1.29 is 9.59 Å². The van der Waals surface area contributed by atoms with Crippen LogP contribution in [0.4, 0.5) is 0 Å². The van der Waals surface area contributed by atoms with Crippen molar-refractivity contribution in [2.75, 3.05) is 6.54 Å². The highest BCUT2D eigenvalue weighted by Gasteiger charge is 2.15. The maximum Gasteiger partial charge on any atom is 0.242 e. The molecule has 4 heteroatoms. The van der Waals surface area contributed by atoms with E-state index in [0.717, 1.165) is 22.8 Å². The molecule has 0 fully saturated rings. The lowest BCUT2D eigenvalue weighted by molar-refractivity contribution is -0.128. The minimum absolute atomic E-state index is 0.143. The summed E-state index contributed by atoms with van der Waals surface area (Å²) in [7, 11) is 0. The van der Waals surface area contributed by atoms with Crippen LogP contribution in [0.15, 0.2) is 42.5 Å². The molecule has 1 unspecified atom stereocenters. The second-order valence-corrected chi connectivity index (χ2v) is 5.40. The van der Waals surface area contributed by atoms with E-state index in [-0.39, 0.29) is 18.2 Å². The maximum absolute atomic E-state index is 12.2. The van der Waals surface area contributed by atoms with Gasteiger partial charge in [-0.05, 0) is 29.7 Å². The number of amides is 2. The molecule has 116 valence electrons. The monoisotopic (exact) mass is 298 g/mol. The second-order valence-electron chi connectivity index (χ2n) is 5.40. The molecule has 4 nitrogen and oxygen atoms in total. The summed E-state index contributed by atoms with van der Waals surface area (Å²) in [5.41, 5.74) is 0.969. The van der Waals surface area contributed by atoms with Crippen molar-refractivity contribution >= 4 is 22.6 Å². The average Bonchev–Trinajstić information content (AvgIpc) is 2.52. The number of hydrogen-bond donors (Lipinski definition) is 2. The molecule has 0 aromatic heterocycles. The lowest BCUT2D eigenvalue weighted by atomic mass is 10.0. The van der Waals surface area contributed by atoms with Crippen LogP contribution >= 0.6 is 0 Å². The first kappa shape index (κ1) is 16.0. The van der Waals surface area contributed by atoms with Crippen molar-refractivity contribution in [1.29, 1.82) is 0 Å². The van der Waals surface area contributed by atoms with Gasteiger partial charge < -0.3 is 10.6 Å². The third-order valence-electron chi connectivity index (χ3n) is 3.55. The van der Waals surface area contributed by atoms with Crippen molar-refractivity contribution in [2.24, 2.45) is 0 Å². The highest BCUT2D eigenvalue weighted by molar-refractivity contribution is 5.92. The summed E-state index contributed by atoms with van der Waals surface area (Å²) in [4.78, 5) is 23.9. The Kier molecular flexibility index (Phi) is 5.53. The van der Waals surface area contributed by atoms with Crippen molar-refractivity contribution in [1.82, 2.24) is 10.6 Å². The molecule has 1 atom stereocenters. The van der Waals surface area contributed by atoms with E-state index >= 15 is 0 Å². The zero-order valence-electron chi connectivity index (χ0n) is 13.1. The van der Waals surface area contributed by atoms with Gasteiger partial charge in [0.1, 0.15) is 6.04 Å². The van der Waals surface area contributed by atoms with Gasteiger partial charge in [0.05, 0.1) is 6.42 Å². The van der Waals surface area contributed by atoms with Crippen LogP contribution in [-0.4, -0.2) is 24.4 Å². The smallest absolute Gasteiger partial charge is 0.242 e. The van der Waals surface area contributed by atoms with Gasteiger partial charge in [-0.1, -0.05) is 49.4 Å². The SMILES string of the molecule is CCCNC(=O)C(C)NC(=O)Cc1cccc2ccccc12. The van der Waals surface area contributed by atoms with E-state index in [1.807, 2.05) is 49.4 Å². The first-order chi connectivity index (χ1) is 10.6. The first-order valence-corrected chi connectivity index (χ1v) is 7.65. The second kappa shape index (κ2) is 7.59. The number of carbonyl (C=O) groups excluding carboxylic acids is 2. The molecule has 2 N–H and O–H groups in total. The lowest BCUT2D eigenvalue weighted by Crippen LogP contribution is -2.45. The predicted molar refractivity (Wildman–Crippen MR) is 88.6 cm³/mol. The summed E-state index contributed by atoms with van der Waals surface area (Å²) in [6.07, 6.45) is 1.15. The Bertz CT molecular complexity index is 662. The third-order valence-corrected chi connectivity index (χ3v) is 3.55. The van der Waals surface area contributed by atoms with Gasteiger partial charge in [-0.3, -0.25) is 9.59 Å². The van der Waals surface area contributed by atoms with Crippen LogP contribution in [0.2, 0.25) is 0 Å². The normalized spacial score (nSPS) is 11.9. The molecule has 0 aliphatic rings. The Morgan fingerprint density at radius 1 is 1.09 bits per heavy atom. The first-order valence-electron chi connectivity index (χ1n) is 7.65. The summed E-state index contributed by atoms with van der Waals surface area (Å²) in [5.74, 6) is -0.288. The lowest BCUT2D eigenvalue weighted by Gasteiger charge is -2.14. The van der Waals surface area contributed by atoms with Gasteiger partial charge in [-0.25, -0.2) is 0 Å². The third kappa shape index (κ3) is 4.07. The van der Waals surface area contributed by atoms with Gasteiger partial charge in [-0.2, -0.15) is 0 Å². The van der Waals surface area contributed by atoms with Crippen LogP contribution in [0, 0.1) is 0 Å². The van der Waals surface area contributed by atoms with Crippen molar-refractivity contribution in [2.45, 2.75) is 32.7 Å². The fourth-order valence-corrected chi connectivity index (χ4v) is 2.38. The standard InChI is InChI=1S/C18H22N2O2/c1-3-11-19-18(22)13(2)20-17(21)12-15-9-6-8-14-7-4-5-10-16(14)15/h4-10,13H,3,11-12H2,1-2H3,(H,19,22)(H,20,21). The molecule has 0 aliphatic carbocycles. The highest BCUT2D eigenvalue weighted by Crippen LogP contribution is 2.18. The summed E-state index contributed by atoms with van der Waals surface area (Å²) in [5, 5.41) is 7.71.